The molecule has 31 heavy (non-hydrogen) atoms. The first-order valence-corrected chi connectivity index (χ1v) is 11.3. The molecule has 7 heteroatoms. The van der Waals surface area contributed by atoms with Crippen LogP contribution < -0.4 is 5.32 Å². The summed E-state index contributed by atoms with van der Waals surface area (Å²) >= 11 is 0. The Morgan fingerprint density at radius 1 is 1.19 bits per heavy atom. The zero-order valence-electron chi connectivity index (χ0n) is 19.4. The summed E-state index contributed by atoms with van der Waals surface area (Å²) in [5.41, 5.74) is 4.99. The fraction of sp³-hybridized carbons (Fsp3) is 0.583. The van der Waals surface area contributed by atoms with Crippen molar-refractivity contribution in [1.82, 2.24) is 20.0 Å². The maximum absolute atomic E-state index is 5.99. The van der Waals surface area contributed by atoms with Crippen molar-refractivity contribution in [3.63, 3.8) is 0 Å². The molecule has 0 amide bonds. The lowest BCUT2D eigenvalue weighted by atomic mass is 10.1. The number of guanidine groups is 1. The van der Waals surface area contributed by atoms with Gasteiger partial charge in [-0.2, -0.15) is 5.10 Å². The molecule has 0 bridgehead atoms. The molecule has 2 heterocycles. The smallest absolute Gasteiger partial charge is 0.194 e. The van der Waals surface area contributed by atoms with Crippen LogP contribution in [0.5, 0.6) is 0 Å². The van der Waals surface area contributed by atoms with E-state index in [1.807, 2.05) is 17.8 Å². The third-order valence-electron chi connectivity index (χ3n) is 5.80. The summed E-state index contributed by atoms with van der Waals surface area (Å²) in [5.74, 6) is 1.56. The molecule has 1 unspecified atom stereocenters. The van der Waals surface area contributed by atoms with Gasteiger partial charge in [-0.25, -0.2) is 4.99 Å². The molecule has 1 N–H and O–H groups in total. The topological polar surface area (TPSA) is 54.7 Å². The predicted octanol–water partition coefficient (Wildman–Crippen LogP) is 4.17. The second-order valence-electron chi connectivity index (χ2n) is 7.97. The number of aryl methyl sites for hydroxylation is 2. The van der Waals surface area contributed by atoms with E-state index in [0.717, 1.165) is 51.5 Å². The second-order valence-corrected chi connectivity index (χ2v) is 7.97. The molecule has 1 fully saturated rings. The van der Waals surface area contributed by atoms with Gasteiger partial charge in [0.15, 0.2) is 5.96 Å². The first-order chi connectivity index (χ1) is 14.7. The van der Waals surface area contributed by atoms with Crippen molar-refractivity contribution in [3.05, 3.63) is 52.8 Å². The molecule has 6 nitrogen and oxygen atoms in total. The molecule has 1 aliphatic heterocycles. The number of likely N-dealkylation sites (tertiary alicyclic amines) is 1. The van der Waals surface area contributed by atoms with Gasteiger partial charge in [-0.3, -0.25) is 4.68 Å². The van der Waals surface area contributed by atoms with Gasteiger partial charge in [-0.05, 0) is 31.7 Å². The Morgan fingerprint density at radius 3 is 2.65 bits per heavy atom. The molecule has 1 saturated heterocycles. The van der Waals surface area contributed by atoms with Crippen LogP contribution in [0, 0.1) is 5.92 Å². The van der Waals surface area contributed by atoms with Crippen LogP contribution in [0.25, 0.3) is 0 Å². The van der Waals surface area contributed by atoms with Crippen LogP contribution in [0.1, 0.15) is 49.7 Å². The fourth-order valence-corrected chi connectivity index (χ4v) is 4.23. The number of hydrogen-bond donors (Lipinski definition) is 1. The molecule has 2 aromatic rings. The molecule has 0 saturated carbocycles. The molecule has 0 aliphatic carbocycles. The van der Waals surface area contributed by atoms with Gasteiger partial charge < -0.3 is 15.0 Å². The van der Waals surface area contributed by atoms with Crippen molar-refractivity contribution in [2.75, 3.05) is 26.2 Å². The zero-order valence-corrected chi connectivity index (χ0v) is 21.8. The Bertz CT molecular complexity index is 821. The standard InChI is InChI=1S/C24H37N5O.HI/c1-5-22-21(23(6-2)28(4)27-22)15-26-24(25-7-3)29-14-13-20(16-29)18-30-17-19-11-9-8-10-12-19;/h8-12,20H,5-7,13-18H2,1-4H3,(H,25,26);1H. The molecule has 3 rings (SSSR count). The highest BCUT2D eigenvalue weighted by Gasteiger charge is 2.25. The van der Waals surface area contributed by atoms with Crippen LogP contribution in [-0.4, -0.2) is 46.9 Å². The minimum Gasteiger partial charge on any atom is -0.376 e. The molecule has 1 aromatic heterocycles. The summed E-state index contributed by atoms with van der Waals surface area (Å²) in [5, 5.41) is 8.18. The van der Waals surface area contributed by atoms with E-state index in [9.17, 15) is 0 Å². The van der Waals surface area contributed by atoms with Gasteiger partial charge in [0.05, 0.1) is 25.5 Å². The van der Waals surface area contributed by atoms with Gasteiger partial charge in [0.2, 0.25) is 0 Å². The number of benzene rings is 1. The highest BCUT2D eigenvalue weighted by molar-refractivity contribution is 14.0. The first kappa shape index (κ1) is 25.6. The summed E-state index contributed by atoms with van der Waals surface area (Å²) in [4.78, 5) is 7.38. The van der Waals surface area contributed by atoms with E-state index < -0.39 is 0 Å². The van der Waals surface area contributed by atoms with Gasteiger partial charge in [-0.15, -0.1) is 24.0 Å². The van der Waals surface area contributed by atoms with Crippen molar-refractivity contribution in [3.8, 4) is 0 Å². The Balaban J connectivity index is 0.00000341. The number of halogens is 1. The van der Waals surface area contributed by atoms with Gasteiger partial charge >= 0.3 is 0 Å². The first-order valence-electron chi connectivity index (χ1n) is 11.3. The van der Waals surface area contributed by atoms with E-state index >= 15 is 0 Å². The largest absolute Gasteiger partial charge is 0.376 e. The van der Waals surface area contributed by atoms with E-state index in [1.54, 1.807) is 0 Å². The SMILES string of the molecule is CCNC(=NCc1c(CC)nn(C)c1CC)N1CCC(COCc2ccccc2)C1.I. The minimum absolute atomic E-state index is 0. The highest BCUT2D eigenvalue weighted by Crippen LogP contribution is 2.20. The number of rotatable bonds is 9. The van der Waals surface area contributed by atoms with Crippen molar-refractivity contribution < 1.29 is 4.74 Å². The van der Waals surface area contributed by atoms with Crippen molar-refractivity contribution in [1.29, 1.82) is 0 Å². The number of aromatic nitrogens is 2. The van der Waals surface area contributed by atoms with Crippen LogP contribution in [0.3, 0.4) is 0 Å². The maximum Gasteiger partial charge on any atom is 0.194 e. The molecule has 1 aliphatic rings. The highest BCUT2D eigenvalue weighted by atomic mass is 127. The molecule has 1 atom stereocenters. The Labute approximate surface area is 204 Å². The zero-order chi connectivity index (χ0) is 21.3. The molecule has 172 valence electrons. The summed E-state index contributed by atoms with van der Waals surface area (Å²) in [7, 11) is 2.04. The monoisotopic (exact) mass is 539 g/mol. The molecule has 0 radical (unpaired) electrons. The van der Waals surface area contributed by atoms with Crippen LogP contribution in [-0.2, 0) is 37.8 Å². The molecule has 1 aromatic carbocycles. The van der Waals surface area contributed by atoms with Gasteiger partial charge in [0.1, 0.15) is 0 Å². The van der Waals surface area contributed by atoms with E-state index in [4.69, 9.17) is 9.73 Å². The normalized spacial score (nSPS) is 16.5. The van der Waals surface area contributed by atoms with Crippen LogP contribution in [0.2, 0.25) is 0 Å². The van der Waals surface area contributed by atoms with Crippen LogP contribution in [0.4, 0.5) is 0 Å². The average molecular weight is 540 g/mol. The Kier molecular flexibility index (Phi) is 10.8. The summed E-state index contributed by atoms with van der Waals surface area (Å²) < 4.78 is 8.01. The lowest BCUT2D eigenvalue weighted by molar-refractivity contribution is 0.0906. The van der Waals surface area contributed by atoms with Crippen molar-refractivity contribution in [2.24, 2.45) is 18.0 Å². The van der Waals surface area contributed by atoms with E-state index in [-0.39, 0.29) is 24.0 Å². The number of nitrogens with one attached hydrogen (secondary N) is 1. The summed E-state index contributed by atoms with van der Waals surface area (Å²) in [6.45, 7) is 11.6. The minimum atomic E-state index is 0. The number of nitrogens with zero attached hydrogens (tertiary/aromatic N) is 4. The lowest BCUT2D eigenvalue weighted by Gasteiger charge is -2.22. The fourth-order valence-electron chi connectivity index (χ4n) is 4.23. The van der Waals surface area contributed by atoms with Crippen LogP contribution in [0.15, 0.2) is 35.3 Å². The third kappa shape index (κ3) is 6.94. The van der Waals surface area contributed by atoms with Gasteiger partial charge in [0.25, 0.3) is 0 Å². The predicted molar refractivity (Wildman–Crippen MR) is 138 cm³/mol. The Morgan fingerprint density at radius 2 is 1.97 bits per heavy atom. The molecule has 0 spiro atoms. The average Bonchev–Trinajstić information content (AvgIpc) is 3.35. The van der Waals surface area contributed by atoms with E-state index in [0.29, 0.717) is 19.1 Å². The Hall–Kier alpha value is -1.61. The third-order valence-corrected chi connectivity index (χ3v) is 5.80. The van der Waals surface area contributed by atoms with E-state index in [2.05, 4.69) is 60.4 Å². The maximum atomic E-state index is 5.99. The van der Waals surface area contributed by atoms with Gasteiger partial charge in [0, 0.05) is 43.9 Å². The quantitative estimate of drug-likeness (QED) is 0.296. The van der Waals surface area contributed by atoms with E-state index in [1.165, 1.54) is 22.5 Å². The molecular formula is C24H38IN5O. The second kappa shape index (κ2) is 13.1. The number of aliphatic imine (C=N–C) groups is 1. The van der Waals surface area contributed by atoms with Crippen molar-refractivity contribution in [2.45, 2.75) is 53.2 Å². The van der Waals surface area contributed by atoms with Crippen LogP contribution >= 0.6 is 24.0 Å². The number of hydrogen-bond acceptors (Lipinski definition) is 3. The van der Waals surface area contributed by atoms with Gasteiger partial charge in [-0.1, -0.05) is 44.2 Å². The van der Waals surface area contributed by atoms with Crippen molar-refractivity contribution >= 4 is 29.9 Å². The summed E-state index contributed by atoms with van der Waals surface area (Å²) in [6, 6.07) is 10.4. The lowest BCUT2D eigenvalue weighted by Crippen LogP contribution is -2.40. The number of ether oxygens (including phenoxy) is 1. The molecular weight excluding hydrogens is 501 g/mol. The summed E-state index contributed by atoms with van der Waals surface area (Å²) in [6.07, 6.45) is 3.07.